The van der Waals surface area contributed by atoms with Crippen LogP contribution in [0.25, 0.3) is 11.3 Å². The summed E-state index contributed by atoms with van der Waals surface area (Å²) in [5.41, 5.74) is 4.77. The van der Waals surface area contributed by atoms with Crippen molar-refractivity contribution in [1.82, 2.24) is 5.32 Å². The average Bonchev–Trinajstić information content (AvgIpc) is 3.30. The zero-order valence-corrected chi connectivity index (χ0v) is 17.8. The van der Waals surface area contributed by atoms with E-state index >= 15 is 0 Å². The van der Waals surface area contributed by atoms with E-state index < -0.39 is 21.7 Å². The van der Waals surface area contributed by atoms with Crippen molar-refractivity contribution in [2.45, 2.75) is 25.7 Å². The van der Waals surface area contributed by atoms with Gasteiger partial charge in [-0.05, 0) is 35.2 Å². The van der Waals surface area contributed by atoms with Crippen molar-refractivity contribution in [2.75, 3.05) is 17.3 Å². The fourth-order valence-corrected chi connectivity index (χ4v) is 4.45. The molecule has 0 aromatic heterocycles. The van der Waals surface area contributed by atoms with Crippen LogP contribution in [0.3, 0.4) is 0 Å². The number of para-hydroxylation sites is 1. The molecule has 2 aliphatic rings. The third kappa shape index (κ3) is 4.47. The van der Waals surface area contributed by atoms with E-state index in [-0.39, 0.29) is 18.1 Å². The van der Waals surface area contributed by atoms with Gasteiger partial charge >= 0.3 is 5.97 Å². The van der Waals surface area contributed by atoms with Crippen molar-refractivity contribution < 1.29 is 23.6 Å². The lowest BCUT2D eigenvalue weighted by Gasteiger charge is -2.21. The van der Waals surface area contributed by atoms with Crippen LogP contribution < -0.4 is 10.6 Å². The van der Waals surface area contributed by atoms with Crippen molar-refractivity contribution in [2.24, 2.45) is 0 Å². The van der Waals surface area contributed by atoms with Gasteiger partial charge in [0.25, 0.3) is 5.91 Å². The number of nitrogens with one attached hydrogen (secondary N) is 3. The Labute approximate surface area is 180 Å². The Morgan fingerprint density at radius 3 is 2.74 bits per heavy atom. The molecular formula is C22H23N3O5S. The van der Waals surface area contributed by atoms with Crippen molar-refractivity contribution in [3.05, 3.63) is 64.7 Å². The largest absolute Gasteiger partial charge is 0.480 e. The Morgan fingerprint density at radius 2 is 2.00 bits per heavy atom. The van der Waals surface area contributed by atoms with E-state index in [0.717, 1.165) is 11.1 Å². The van der Waals surface area contributed by atoms with E-state index in [1.54, 1.807) is 12.1 Å². The van der Waals surface area contributed by atoms with Crippen molar-refractivity contribution in [3.8, 4) is 0 Å². The summed E-state index contributed by atoms with van der Waals surface area (Å²) in [5, 5.41) is 15.6. The summed E-state index contributed by atoms with van der Waals surface area (Å²) in [6.45, 7) is 0.970. The number of anilines is 1. The molecule has 2 heterocycles. The number of ether oxygens (including phenoxy) is 1. The van der Waals surface area contributed by atoms with E-state index in [2.05, 4.69) is 10.6 Å². The van der Waals surface area contributed by atoms with Gasteiger partial charge in [0.2, 0.25) is 0 Å². The molecule has 9 heteroatoms. The molecular weight excluding hydrogens is 418 g/mol. The van der Waals surface area contributed by atoms with E-state index in [1.807, 2.05) is 30.3 Å². The molecule has 0 spiro atoms. The van der Waals surface area contributed by atoms with Gasteiger partial charge in [-0.15, -0.1) is 0 Å². The second-order valence-corrected chi connectivity index (χ2v) is 10.2. The first-order chi connectivity index (χ1) is 14.7. The Kier molecular flexibility index (Phi) is 5.55. The molecule has 8 nitrogen and oxygen atoms in total. The van der Waals surface area contributed by atoms with Gasteiger partial charge in [0.05, 0.1) is 24.5 Å². The molecule has 0 radical (unpaired) electrons. The van der Waals surface area contributed by atoms with E-state index in [9.17, 15) is 18.9 Å². The minimum atomic E-state index is -2.85. The summed E-state index contributed by atoms with van der Waals surface area (Å²) < 4.78 is 24.9. The summed E-state index contributed by atoms with van der Waals surface area (Å²) >= 11 is 0. The molecule has 1 amide bonds. The fourth-order valence-electron chi connectivity index (χ4n) is 3.77. The molecule has 0 fully saturated rings. The number of benzene rings is 2. The van der Waals surface area contributed by atoms with Gasteiger partial charge in [0.15, 0.2) is 0 Å². The van der Waals surface area contributed by atoms with Gasteiger partial charge in [0, 0.05) is 33.0 Å². The lowest BCUT2D eigenvalue weighted by Crippen LogP contribution is -2.37. The summed E-state index contributed by atoms with van der Waals surface area (Å²) in [6.07, 6.45) is 1.27. The lowest BCUT2D eigenvalue weighted by molar-refractivity contribution is -0.139. The topological polar surface area (TPSA) is 129 Å². The molecule has 2 aromatic rings. The molecule has 2 unspecified atom stereocenters. The molecule has 4 rings (SSSR count). The first-order valence-electron chi connectivity index (χ1n) is 9.79. The molecule has 0 aliphatic carbocycles. The summed E-state index contributed by atoms with van der Waals surface area (Å²) in [4.78, 5) is 24.8. The van der Waals surface area contributed by atoms with Crippen molar-refractivity contribution in [3.63, 3.8) is 0 Å². The molecule has 4 N–H and O–H groups in total. The minimum Gasteiger partial charge on any atom is -0.480 e. The van der Waals surface area contributed by atoms with Crippen LogP contribution in [0.15, 0.2) is 42.5 Å². The maximum atomic E-state index is 12.9. The monoisotopic (exact) mass is 441 g/mol. The standard InChI is InChI=1S/C22H23N3O5S/c1-31(23,29)9-8-18(22(27)28)24-20(13-6-7-14-11-30-12-15(14)10-13)19-16-4-2-3-5-17(16)25-21(19)26/h2-7,10,18,23-24H,8-9,11-12H2,1H3,(H,25,26)(H,27,28). The first-order valence-corrected chi connectivity index (χ1v) is 11.9. The van der Waals surface area contributed by atoms with Crippen LogP contribution in [0.5, 0.6) is 0 Å². The van der Waals surface area contributed by atoms with E-state index in [1.165, 1.54) is 6.26 Å². The van der Waals surface area contributed by atoms with Crippen LogP contribution in [-0.2, 0) is 37.3 Å². The molecule has 0 bridgehead atoms. The second kappa shape index (κ2) is 8.16. The number of carbonyl (C=O) groups excluding carboxylic acids is 1. The summed E-state index contributed by atoms with van der Waals surface area (Å²) in [6, 6.07) is 11.8. The number of amides is 1. The Morgan fingerprint density at radius 1 is 1.26 bits per heavy atom. The second-order valence-electron chi connectivity index (χ2n) is 7.76. The van der Waals surface area contributed by atoms with E-state index in [0.29, 0.717) is 41.3 Å². The Balaban J connectivity index is 1.82. The average molecular weight is 442 g/mol. The Hall–Kier alpha value is -3.17. The molecule has 31 heavy (non-hydrogen) atoms. The number of carboxylic acids is 1. The normalized spacial score (nSPS) is 19.1. The number of hydrogen-bond acceptors (Lipinski definition) is 6. The molecule has 162 valence electrons. The zero-order chi connectivity index (χ0) is 22.2. The Bertz CT molecular complexity index is 1200. The quantitative estimate of drug-likeness (QED) is 0.489. The maximum absolute atomic E-state index is 12.9. The van der Waals surface area contributed by atoms with Crippen LogP contribution in [0.2, 0.25) is 0 Å². The minimum absolute atomic E-state index is 0.0116. The van der Waals surface area contributed by atoms with Crippen LogP contribution in [0, 0.1) is 4.78 Å². The smallest absolute Gasteiger partial charge is 0.326 e. The number of rotatable bonds is 7. The molecule has 2 aliphatic heterocycles. The number of aliphatic carboxylic acids is 1. The zero-order valence-electron chi connectivity index (χ0n) is 16.9. The highest BCUT2D eigenvalue weighted by molar-refractivity contribution is 7.91. The summed E-state index contributed by atoms with van der Waals surface area (Å²) in [5.74, 6) is -1.54. The van der Waals surface area contributed by atoms with Crippen LogP contribution in [0.1, 0.15) is 28.7 Å². The van der Waals surface area contributed by atoms with Crippen molar-refractivity contribution >= 4 is 38.6 Å². The fraction of sp³-hybridized carbons (Fsp3) is 0.273. The SMILES string of the molecule is CS(=N)(=O)CCC(NC(=C1C(=O)Nc2ccccc21)c1ccc2c(c1)COC2)C(=O)O. The maximum Gasteiger partial charge on any atom is 0.326 e. The van der Waals surface area contributed by atoms with Crippen LogP contribution in [0.4, 0.5) is 5.69 Å². The molecule has 2 atom stereocenters. The number of carbonyl (C=O) groups is 2. The van der Waals surface area contributed by atoms with Gasteiger partial charge in [-0.1, -0.05) is 30.3 Å². The van der Waals surface area contributed by atoms with Gasteiger partial charge in [-0.2, -0.15) is 0 Å². The predicted molar refractivity (Wildman–Crippen MR) is 118 cm³/mol. The van der Waals surface area contributed by atoms with Gasteiger partial charge in [-0.25, -0.2) is 4.79 Å². The molecule has 2 aromatic carbocycles. The number of carboxylic acid groups (broad SMARTS) is 1. The third-order valence-electron chi connectivity index (χ3n) is 5.34. The van der Waals surface area contributed by atoms with Crippen LogP contribution in [-0.4, -0.2) is 39.2 Å². The van der Waals surface area contributed by atoms with Crippen molar-refractivity contribution in [1.29, 1.82) is 4.78 Å². The highest BCUT2D eigenvalue weighted by Crippen LogP contribution is 2.37. The van der Waals surface area contributed by atoms with E-state index in [4.69, 9.17) is 9.52 Å². The van der Waals surface area contributed by atoms with Gasteiger partial charge in [0.1, 0.15) is 6.04 Å². The lowest BCUT2D eigenvalue weighted by atomic mass is 9.97. The van der Waals surface area contributed by atoms with Gasteiger partial charge in [-0.3, -0.25) is 13.8 Å². The molecule has 0 saturated carbocycles. The first kappa shape index (κ1) is 21.1. The molecule has 0 saturated heterocycles. The highest BCUT2D eigenvalue weighted by atomic mass is 32.2. The number of fused-ring (bicyclic) bond motifs is 2. The van der Waals surface area contributed by atoms with Crippen LogP contribution >= 0.6 is 0 Å². The highest BCUT2D eigenvalue weighted by Gasteiger charge is 2.31. The van der Waals surface area contributed by atoms with Gasteiger partial charge < -0.3 is 20.5 Å². The number of hydrogen-bond donors (Lipinski definition) is 4. The summed E-state index contributed by atoms with van der Waals surface area (Å²) in [7, 11) is -2.85. The third-order valence-corrected chi connectivity index (χ3v) is 6.36. The predicted octanol–water partition coefficient (Wildman–Crippen LogP) is 2.65.